The third-order valence-corrected chi connectivity index (χ3v) is 2.45. The lowest BCUT2D eigenvalue weighted by molar-refractivity contribution is -0.138. The zero-order valence-electron chi connectivity index (χ0n) is 7.53. The van der Waals surface area contributed by atoms with E-state index in [2.05, 4.69) is 5.32 Å². The van der Waals surface area contributed by atoms with Crippen molar-refractivity contribution in [2.24, 2.45) is 0 Å². The first-order valence-electron chi connectivity index (χ1n) is 4.48. The number of para-hydroxylation sites is 1. The molecule has 2 rings (SSSR count). The van der Waals surface area contributed by atoms with Gasteiger partial charge in [0.2, 0.25) is 0 Å². The van der Waals surface area contributed by atoms with Crippen molar-refractivity contribution in [1.29, 1.82) is 0 Å². The summed E-state index contributed by atoms with van der Waals surface area (Å²) in [5.74, 6) is -0.757. The number of aromatic hydroxyl groups is 1. The van der Waals surface area contributed by atoms with Gasteiger partial charge in [0.25, 0.3) is 0 Å². The van der Waals surface area contributed by atoms with Gasteiger partial charge < -0.3 is 15.5 Å². The summed E-state index contributed by atoms with van der Waals surface area (Å²) >= 11 is 0. The van der Waals surface area contributed by atoms with Crippen LogP contribution in [0.25, 0.3) is 0 Å². The Bertz CT molecular complexity index is 376. The average molecular weight is 193 g/mol. The zero-order chi connectivity index (χ0) is 10.1. The summed E-state index contributed by atoms with van der Waals surface area (Å²) in [4.78, 5) is 10.7. The second-order valence-electron chi connectivity index (χ2n) is 3.39. The maximum absolute atomic E-state index is 10.7. The van der Waals surface area contributed by atoms with Crippen molar-refractivity contribution in [1.82, 2.24) is 0 Å². The number of fused-ring (bicyclic) bond motifs is 1. The van der Waals surface area contributed by atoms with E-state index in [-0.39, 0.29) is 5.75 Å². The van der Waals surface area contributed by atoms with E-state index >= 15 is 0 Å². The van der Waals surface area contributed by atoms with Crippen molar-refractivity contribution in [3.05, 3.63) is 23.8 Å². The van der Waals surface area contributed by atoms with E-state index in [4.69, 9.17) is 5.11 Å². The molecule has 0 saturated heterocycles. The van der Waals surface area contributed by atoms with Gasteiger partial charge in [0, 0.05) is 0 Å². The fourth-order valence-corrected chi connectivity index (χ4v) is 1.69. The first-order valence-corrected chi connectivity index (χ1v) is 4.48. The molecule has 1 atom stereocenters. The predicted octanol–water partition coefficient (Wildman–Crippen LogP) is 1.20. The third kappa shape index (κ3) is 1.39. The van der Waals surface area contributed by atoms with Gasteiger partial charge in [-0.15, -0.1) is 0 Å². The molecule has 1 aliphatic rings. The van der Waals surface area contributed by atoms with Gasteiger partial charge in [0.1, 0.15) is 11.8 Å². The van der Waals surface area contributed by atoms with Gasteiger partial charge in [-0.25, -0.2) is 4.79 Å². The molecule has 74 valence electrons. The van der Waals surface area contributed by atoms with Crippen molar-refractivity contribution < 1.29 is 15.0 Å². The monoisotopic (exact) mass is 193 g/mol. The normalized spacial score (nSPS) is 19.6. The van der Waals surface area contributed by atoms with Crippen LogP contribution in [0.1, 0.15) is 12.0 Å². The molecule has 4 heteroatoms. The largest absolute Gasteiger partial charge is 0.506 e. The van der Waals surface area contributed by atoms with Gasteiger partial charge in [-0.1, -0.05) is 12.1 Å². The average Bonchev–Trinajstić information content (AvgIpc) is 2.18. The number of benzene rings is 1. The van der Waals surface area contributed by atoms with Crippen LogP contribution in [-0.2, 0) is 11.2 Å². The highest BCUT2D eigenvalue weighted by molar-refractivity contribution is 5.80. The Morgan fingerprint density at radius 3 is 3.00 bits per heavy atom. The second kappa shape index (κ2) is 3.21. The van der Waals surface area contributed by atoms with Crippen LogP contribution in [0.15, 0.2) is 18.2 Å². The number of phenols is 1. The molecule has 0 fully saturated rings. The minimum atomic E-state index is -0.876. The number of phenolic OH excluding ortho intramolecular Hbond substituents is 1. The van der Waals surface area contributed by atoms with Crippen LogP contribution in [0.4, 0.5) is 5.69 Å². The van der Waals surface area contributed by atoms with Crippen LogP contribution in [0.2, 0.25) is 0 Å². The molecule has 4 nitrogen and oxygen atoms in total. The molecule has 1 aromatic carbocycles. The fraction of sp³-hybridized carbons (Fsp3) is 0.300. The molecule has 1 heterocycles. The number of anilines is 1. The molecule has 1 aromatic rings. The fourth-order valence-electron chi connectivity index (χ4n) is 1.69. The third-order valence-electron chi connectivity index (χ3n) is 2.45. The Kier molecular flexibility index (Phi) is 2.04. The first kappa shape index (κ1) is 8.87. The van der Waals surface area contributed by atoms with Crippen molar-refractivity contribution in [2.45, 2.75) is 18.9 Å². The number of rotatable bonds is 1. The van der Waals surface area contributed by atoms with Gasteiger partial charge in [-0.2, -0.15) is 0 Å². The summed E-state index contributed by atoms with van der Waals surface area (Å²) in [5, 5.41) is 21.1. The lowest BCUT2D eigenvalue weighted by Gasteiger charge is -2.24. The number of hydrogen-bond donors (Lipinski definition) is 3. The van der Waals surface area contributed by atoms with E-state index in [0.717, 1.165) is 5.56 Å². The molecule has 14 heavy (non-hydrogen) atoms. The van der Waals surface area contributed by atoms with E-state index < -0.39 is 12.0 Å². The molecule has 0 spiro atoms. The highest BCUT2D eigenvalue weighted by Gasteiger charge is 2.24. The number of hydrogen-bond acceptors (Lipinski definition) is 3. The summed E-state index contributed by atoms with van der Waals surface area (Å²) < 4.78 is 0. The number of carboxylic acids is 1. The molecule has 0 radical (unpaired) electrons. The van der Waals surface area contributed by atoms with E-state index in [0.29, 0.717) is 18.5 Å². The Labute approximate surface area is 81.2 Å². The number of aliphatic carboxylic acids is 1. The van der Waals surface area contributed by atoms with E-state index in [9.17, 15) is 9.90 Å². The van der Waals surface area contributed by atoms with E-state index in [1.807, 2.05) is 6.07 Å². The summed E-state index contributed by atoms with van der Waals surface area (Å²) in [7, 11) is 0. The van der Waals surface area contributed by atoms with Crippen LogP contribution in [-0.4, -0.2) is 22.2 Å². The van der Waals surface area contributed by atoms with Gasteiger partial charge in [0.05, 0.1) is 5.69 Å². The smallest absolute Gasteiger partial charge is 0.326 e. The molecule has 0 bridgehead atoms. The quantitative estimate of drug-likeness (QED) is 0.586. The molecule has 0 amide bonds. The maximum Gasteiger partial charge on any atom is 0.326 e. The standard InChI is InChI=1S/C10H11NO3/c12-8-3-1-2-6-4-5-7(10(13)14)11-9(6)8/h1-3,7,11-12H,4-5H2,(H,13,14). The van der Waals surface area contributed by atoms with Gasteiger partial charge in [-0.05, 0) is 24.5 Å². The van der Waals surface area contributed by atoms with Crippen molar-refractivity contribution in [3.8, 4) is 5.75 Å². The maximum atomic E-state index is 10.7. The predicted molar refractivity (Wildman–Crippen MR) is 51.5 cm³/mol. The number of nitrogens with one attached hydrogen (secondary N) is 1. The van der Waals surface area contributed by atoms with Crippen molar-refractivity contribution in [3.63, 3.8) is 0 Å². The molecule has 0 aromatic heterocycles. The van der Waals surface area contributed by atoms with Gasteiger partial charge in [-0.3, -0.25) is 0 Å². The SMILES string of the molecule is O=C(O)C1CCc2cccc(O)c2N1. The summed E-state index contributed by atoms with van der Waals surface area (Å²) in [6, 6.07) is 4.61. The molecule has 0 aliphatic carbocycles. The molecular formula is C10H11NO3. The minimum absolute atomic E-state index is 0.119. The highest BCUT2D eigenvalue weighted by atomic mass is 16.4. The number of carbonyl (C=O) groups is 1. The Morgan fingerprint density at radius 2 is 2.29 bits per heavy atom. The lowest BCUT2D eigenvalue weighted by Crippen LogP contribution is -2.33. The Balaban J connectivity index is 2.33. The number of aryl methyl sites for hydroxylation is 1. The summed E-state index contributed by atoms with van der Waals surface area (Å²) in [6.45, 7) is 0. The van der Waals surface area contributed by atoms with Crippen LogP contribution in [0.5, 0.6) is 5.75 Å². The second-order valence-corrected chi connectivity index (χ2v) is 3.39. The van der Waals surface area contributed by atoms with E-state index in [1.165, 1.54) is 0 Å². The van der Waals surface area contributed by atoms with Crippen LogP contribution in [0.3, 0.4) is 0 Å². The summed E-state index contributed by atoms with van der Waals surface area (Å²) in [6.07, 6.45) is 1.25. The zero-order valence-corrected chi connectivity index (χ0v) is 7.53. The van der Waals surface area contributed by atoms with Crippen molar-refractivity contribution >= 4 is 11.7 Å². The minimum Gasteiger partial charge on any atom is -0.506 e. The molecule has 0 saturated carbocycles. The molecule has 1 unspecified atom stereocenters. The van der Waals surface area contributed by atoms with Gasteiger partial charge >= 0.3 is 5.97 Å². The van der Waals surface area contributed by atoms with E-state index in [1.54, 1.807) is 12.1 Å². The topological polar surface area (TPSA) is 69.6 Å². The molecule has 3 N–H and O–H groups in total. The van der Waals surface area contributed by atoms with Crippen LogP contribution in [0, 0.1) is 0 Å². The highest BCUT2D eigenvalue weighted by Crippen LogP contribution is 2.32. The first-order chi connectivity index (χ1) is 6.68. The lowest BCUT2D eigenvalue weighted by atomic mass is 9.98. The Hall–Kier alpha value is -1.71. The number of carboxylic acid groups (broad SMARTS) is 1. The Morgan fingerprint density at radius 1 is 1.50 bits per heavy atom. The molecule has 1 aliphatic heterocycles. The van der Waals surface area contributed by atoms with Crippen molar-refractivity contribution in [2.75, 3.05) is 5.32 Å². The van der Waals surface area contributed by atoms with Crippen LogP contribution >= 0.6 is 0 Å². The summed E-state index contributed by atoms with van der Waals surface area (Å²) in [5.41, 5.74) is 1.54. The molecular weight excluding hydrogens is 182 g/mol. The van der Waals surface area contributed by atoms with Gasteiger partial charge in [0.15, 0.2) is 0 Å². The van der Waals surface area contributed by atoms with Crippen LogP contribution < -0.4 is 5.32 Å².